The lowest BCUT2D eigenvalue weighted by Gasteiger charge is -2.34. The van der Waals surface area contributed by atoms with E-state index in [0.717, 1.165) is 79.9 Å². The average molecular weight is 390 g/mol. The van der Waals surface area contributed by atoms with E-state index in [4.69, 9.17) is 4.52 Å². The molecule has 1 fully saturated rings. The third-order valence-corrected chi connectivity index (χ3v) is 6.57. The van der Waals surface area contributed by atoms with E-state index < -0.39 is 0 Å². The molecule has 0 unspecified atom stereocenters. The standard InChI is InChI=1S/C19H27N5O2S/c1-14-17(15(2)26-21-14)12-23-6-4-22(5-7-23)8-9-24-19(25)11-16-13-27-10-3-18(16)20-24/h11H,3-10,12-13H2,1-2H3. The smallest absolute Gasteiger partial charge is 0.267 e. The molecule has 4 rings (SSSR count). The Balaban J connectivity index is 1.29. The Morgan fingerprint density at radius 1 is 1.15 bits per heavy atom. The molecule has 1 saturated heterocycles. The molecule has 0 bridgehead atoms. The molecule has 2 aromatic heterocycles. The van der Waals surface area contributed by atoms with E-state index >= 15 is 0 Å². The Morgan fingerprint density at radius 3 is 2.67 bits per heavy atom. The summed E-state index contributed by atoms with van der Waals surface area (Å²) in [5.74, 6) is 2.95. The van der Waals surface area contributed by atoms with Crippen LogP contribution in [0.3, 0.4) is 0 Å². The maximum Gasteiger partial charge on any atom is 0.267 e. The highest BCUT2D eigenvalue weighted by molar-refractivity contribution is 7.98. The van der Waals surface area contributed by atoms with Crippen LogP contribution in [0, 0.1) is 13.8 Å². The van der Waals surface area contributed by atoms with Crippen LogP contribution in [0.5, 0.6) is 0 Å². The monoisotopic (exact) mass is 389 g/mol. The molecular weight excluding hydrogens is 362 g/mol. The van der Waals surface area contributed by atoms with E-state index in [1.807, 2.05) is 25.6 Å². The van der Waals surface area contributed by atoms with Crippen molar-refractivity contribution in [3.63, 3.8) is 0 Å². The van der Waals surface area contributed by atoms with Gasteiger partial charge in [-0.1, -0.05) is 5.16 Å². The second-order valence-corrected chi connectivity index (χ2v) is 8.51. The second-order valence-electron chi connectivity index (χ2n) is 7.40. The van der Waals surface area contributed by atoms with Crippen molar-refractivity contribution in [3.05, 3.63) is 44.7 Å². The lowest BCUT2D eigenvalue weighted by Crippen LogP contribution is -2.47. The average Bonchev–Trinajstić information content (AvgIpc) is 2.99. The van der Waals surface area contributed by atoms with Gasteiger partial charge in [0.05, 0.1) is 17.9 Å². The van der Waals surface area contributed by atoms with E-state index in [2.05, 4.69) is 20.1 Å². The van der Waals surface area contributed by atoms with Crippen LogP contribution in [0.4, 0.5) is 0 Å². The number of hydrogen-bond acceptors (Lipinski definition) is 7. The molecule has 2 aliphatic rings. The zero-order valence-corrected chi connectivity index (χ0v) is 16.9. The second kappa shape index (κ2) is 8.16. The van der Waals surface area contributed by atoms with Crippen molar-refractivity contribution in [2.45, 2.75) is 39.1 Å². The first-order chi connectivity index (χ1) is 13.1. The molecule has 7 nitrogen and oxygen atoms in total. The number of rotatable bonds is 5. The van der Waals surface area contributed by atoms with Crippen LogP contribution < -0.4 is 5.56 Å². The molecule has 27 heavy (non-hydrogen) atoms. The normalized spacial score (nSPS) is 18.6. The van der Waals surface area contributed by atoms with E-state index in [1.165, 1.54) is 5.56 Å². The zero-order chi connectivity index (χ0) is 18.8. The van der Waals surface area contributed by atoms with Gasteiger partial charge in [-0.05, 0) is 25.2 Å². The van der Waals surface area contributed by atoms with Crippen molar-refractivity contribution >= 4 is 11.8 Å². The molecule has 0 radical (unpaired) electrons. The highest BCUT2D eigenvalue weighted by atomic mass is 32.2. The predicted octanol–water partition coefficient (Wildman–Crippen LogP) is 1.46. The summed E-state index contributed by atoms with van der Waals surface area (Å²) in [6, 6.07) is 1.79. The van der Waals surface area contributed by atoms with Crippen molar-refractivity contribution in [1.82, 2.24) is 24.7 Å². The molecule has 8 heteroatoms. The fourth-order valence-electron chi connectivity index (χ4n) is 3.77. The molecule has 4 heterocycles. The third-order valence-electron chi connectivity index (χ3n) is 5.56. The highest BCUT2D eigenvalue weighted by Crippen LogP contribution is 2.21. The van der Waals surface area contributed by atoms with Crippen molar-refractivity contribution < 1.29 is 4.52 Å². The first-order valence-electron chi connectivity index (χ1n) is 9.64. The lowest BCUT2D eigenvalue weighted by atomic mass is 10.2. The van der Waals surface area contributed by atoms with Crippen LogP contribution in [0.1, 0.15) is 28.3 Å². The molecule has 2 aromatic rings. The summed E-state index contributed by atoms with van der Waals surface area (Å²) in [7, 11) is 0. The summed E-state index contributed by atoms with van der Waals surface area (Å²) in [5, 5.41) is 8.66. The van der Waals surface area contributed by atoms with Gasteiger partial charge >= 0.3 is 0 Å². The Labute approximate surface area is 163 Å². The van der Waals surface area contributed by atoms with E-state index in [-0.39, 0.29) is 5.56 Å². The molecule has 2 aliphatic heterocycles. The van der Waals surface area contributed by atoms with E-state index in [1.54, 1.807) is 10.7 Å². The van der Waals surface area contributed by atoms with Gasteiger partial charge in [0.2, 0.25) is 0 Å². The SMILES string of the molecule is Cc1noc(C)c1CN1CCN(CCn2nc3c(cc2=O)CSCC3)CC1. The summed E-state index contributed by atoms with van der Waals surface area (Å²) in [5.41, 5.74) is 4.48. The van der Waals surface area contributed by atoms with Gasteiger partial charge in [-0.3, -0.25) is 14.6 Å². The van der Waals surface area contributed by atoms with Gasteiger partial charge in [-0.2, -0.15) is 16.9 Å². The molecule has 0 aromatic carbocycles. The predicted molar refractivity (Wildman–Crippen MR) is 106 cm³/mol. The number of fused-ring (bicyclic) bond motifs is 1. The topological polar surface area (TPSA) is 67.4 Å². The minimum atomic E-state index is 0.0355. The Hall–Kier alpha value is -1.64. The molecule has 146 valence electrons. The van der Waals surface area contributed by atoms with Gasteiger partial charge < -0.3 is 4.52 Å². The minimum absolute atomic E-state index is 0.0355. The minimum Gasteiger partial charge on any atom is -0.361 e. The summed E-state index contributed by atoms with van der Waals surface area (Å²) in [6.07, 6.45) is 0.973. The van der Waals surface area contributed by atoms with Gasteiger partial charge in [0, 0.05) is 63.1 Å². The van der Waals surface area contributed by atoms with Crippen LogP contribution in [0.15, 0.2) is 15.4 Å². The Bertz CT molecular complexity index is 835. The van der Waals surface area contributed by atoms with E-state index in [9.17, 15) is 4.79 Å². The van der Waals surface area contributed by atoms with Crippen LogP contribution in [0.2, 0.25) is 0 Å². The quantitative estimate of drug-likeness (QED) is 0.767. The maximum atomic E-state index is 12.3. The van der Waals surface area contributed by atoms with Crippen LogP contribution in [0.25, 0.3) is 0 Å². The number of aryl methyl sites for hydroxylation is 3. The van der Waals surface area contributed by atoms with E-state index in [0.29, 0.717) is 6.54 Å². The van der Waals surface area contributed by atoms with Gasteiger partial charge in [-0.25, -0.2) is 4.68 Å². The zero-order valence-electron chi connectivity index (χ0n) is 16.1. The molecule has 0 amide bonds. The van der Waals surface area contributed by atoms with Gasteiger partial charge in [0.15, 0.2) is 0 Å². The number of nitrogens with zero attached hydrogens (tertiary/aromatic N) is 5. The number of thioether (sulfide) groups is 1. The summed E-state index contributed by atoms with van der Waals surface area (Å²) < 4.78 is 6.93. The Kier molecular flexibility index (Phi) is 5.66. The number of piperazine rings is 1. The van der Waals surface area contributed by atoms with Crippen LogP contribution in [-0.2, 0) is 25.3 Å². The van der Waals surface area contributed by atoms with Crippen molar-refractivity contribution in [2.24, 2.45) is 0 Å². The molecule has 0 N–H and O–H groups in total. The van der Waals surface area contributed by atoms with Gasteiger partial charge in [-0.15, -0.1) is 0 Å². The largest absolute Gasteiger partial charge is 0.361 e. The fourth-order valence-corrected chi connectivity index (χ4v) is 4.72. The van der Waals surface area contributed by atoms with Crippen molar-refractivity contribution in [2.75, 3.05) is 38.5 Å². The molecule has 0 spiro atoms. The van der Waals surface area contributed by atoms with Crippen molar-refractivity contribution in [1.29, 1.82) is 0 Å². The van der Waals surface area contributed by atoms with Crippen molar-refractivity contribution in [3.8, 4) is 0 Å². The first-order valence-corrected chi connectivity index (χ1v) is 10.8. The molecule has 0 atom stereocenters. The van der Waals surface area contributed by atoms with Gasteiger partial charge in [0.25, 0.3) is 5.56 Å². The fraction of sp³-hybridized carbons (Fsp3) is 0.632. The van der Waals surface area contributed by atoms with Crippen LogP contribution >= 0.6 is 11.8 Å². The first kappa shape index (κ1) is 18.7. The summed E-state index contributed by atoms with van der Waals surface area (Å²) in [4.78, 5) is 17.2. The molecular formula is C19H27N5O2S. The summed E-state index contributed by atoms with van der Waals surface area (Å²) >= 11 is 1.88. The number of aromatic nitrogens is 3. The number of hydrogen-bond donors (Lipinski definition) is 0. The maximum absolute atomic E-state index is 12.3. The highest BCUT2D eigenvalue weighted by Gasteiger charge is 2.20. The third kappa shape index (κ3) is 4.28. The molecule has 0 aliphatic carbocycles. The van der Waals surface area contributed by atoms with Gasteiger partial charge in [0.1, 0.15) is 5.76 Å². The Morgan fingerprint density at radius 2 is 1.93 bits per heavy atom. The molecule has 0 saturated carbocycles. The summed E-state index contributed by atoms with van der Waals surface area (Å²) in [6.45, 7) is 10.5. The van der Waals surface area contributed by atoms with Crippen LogP contribution in [-0.4, -0.2) is 63.2 Å². The lowest BCUT2D eigenvalue weighted by molar-refractivity contribution is 0.122.